The Hall–Kier alpha value is -1.58. The van der Waals surface area contributed by atoms with Gasteiger partial charge in [-0.25, -0.2) is 4.39 Å². The van der Waals surface area contributed by atoms with Gasteiger partial charge in [0, 0.05) is 0 Å². The van der Waals surface area contributed by atoms with Crippen molar-refractivity contribution in [3.63, 3.8) is 0 Å². The number of benzene rings is 1. The second-order valence-electron chi connectivity index (χ2n) is 5.41. The van der Waals surface area contributed by atoms with Crippen LogP contribution in [0.2, 0.25) is 0 Å². The molecule has 1 saturated carbocycles. The van der Waals surface area contributed by atoms with Crippen molar-refractivity contribution in [2.75, 3.05) is 0 Å². The van der Waals surface area contributed by atoms with Gasteiger partial charge in [-0.15, -0.1) is 0 Å². The van der Waals surface area contributed by atoms with Gasteiger partial charge in [0.15, 0.2) is 11.6 Å². The number of halogens is 1. The standard InChI is InChI=1S/C15H19FO3/c1-10(2)19-13-6-5-11(9-12(13)16)15(14(17)18)7-3-4-8-15/h5-6,9-10H,3-4,7-8H2,1-2H3,(H,17,18). The molecule has 1 aromatic rings. The lowest BCUT2D eigenvalue weighted by molar-refractivity contribution is -0.143. The smallest absolute Gasteiger partial charge is 0.314 e. The fourth-order valence-corrected chi connectivity index (χ4v) is 2.75. The highest BCUT2D eigenvalue weighted by atomic mass is 19.1. The van der Waals surface area contributed by atoms with E-state index in [2.05, 4.69) is 0 Å². The van der Waals surface area contributed by atoms with Gasteiger partial charge >= 0.3 is 5.97 Å². The number of carboxylic acids is 1. The van der Waals surface area contributed by atoms with Crippen molar-refractivity contribution in [1.29, 1.82) is 0 Å². The van der Waals surface area contributed by atoms with Gasteiger partial charge in [-0.05, 0) is 44.4 Å². The van der Waals surface area contributed by atoms with Crippen molar-refractivity contribution >= 4 is 5.97 Å². The maximum absolute atomic E-state index is 14.0. The molecule has 1 aromatic carbocycles. The number of hydrogen-bond acceptors (Lipinski definition) is 2. The van der Waals surface area contributed by atoms with Crippen LogP contribution in [0, 0.1) is 5.82 Å². The van der Waals surface area contributed by atoms with Gasteiger partial charge in [-0.1, -0.05) is 18.9 Å². The first kappa shape index (κ1) is 13.8. The molecule has 1 aliphatic carbocycles. The average molecular weight is 266 g/mol. The van der Waals surface area contributed by atoms with Crippen molar-refractivity contribution in [3.05, 3.63) is 29.6 Å². The van der Waals surface area contributed by atoms with E-state index in [9.17, 15) is 14.3 Å². The lowest BCUT2D eigenvalue weighted by Crippen LogP contribution is -2.32. The monoisotopic (exact) mass is 266 g/mol. The molecule has 2 rings (SSSR count). The molecule has 0 spiro atoms. The summed E-state index contributed by atoms with van der Waals surface area (Å²) in [7, 11) is 0. The van der Waals surface area contributed by atoms with Gasteiger partial charge in [0.1, 0.15) is 0 Å². The van der Waals surface area contributed by atoms with Crippen molar-refractivity contribution in [2.45, 2.75) is 51.0 Å². The number of ether oxygens (including phenoxy) is 1. The van der Waals surface area contributed by atoms with Crippen molar-refractivity contribution < 1.29 is 19.0 Å². The Morgan fingerprint density at radius 2 is 2.00 bits per heavy atom. The van der Waals surface area contributed by atoms with Crippen LogP contribution in [-0.2, 0) is 10.2 Å². The summed E-state index contributed by atoms with van der Waals surface area (Å²) in [6.45, 7) is 3.64. The zero-order valence-electron chi connectivity index (χ0n) is 11.3. The number of carboxylic acid groups (broad SMARTS) is 1. The Balaban J connectivity index is 2.35. The Kier molecular flexibility index (Phi) is 3.78. The third kappa shape index (κ3) is 2.57. The van der Waals surface area contributed by atoms with Crippen LogP contribution in [0.4, 0.5) is 4.39 Å². The third-order valence-electron chi connectivity index (χ3n) is 3.71. The van der Waals surface area contributed by atoms with E-state index in [4.69, 9.17) is 4.74 Å². The molecular formula is C15H19FO3. The third-order valence-corrected chi connectivity index (χ3v) is 3.71. The summed E-state index contributed by atoms with van der Waals surface area (Å²) < 4.78 is 19.3. The largest absolute Gasteiger partial charge is 0.488 e. The highest BCUT2D eigenvalue weighted by molar-refractivity contribution is 5.81. The number of aliphatic carboxylic acids is 1. The maximum atomic E-state index is 14.0. The van der Waals surface area contributed by atoms with Crippen LogP contribution in [0.5, 0.6) is 5.75 Å². The van der Waals surface area contributed by atoms with E-state index in [1.54, 1.807) is 6.07 Å². The predicted molar refractivity (Wildman–Crippen MR) is 69.9 cm³/mol. The second-order valence-corrected chi connectivity index (χ2v) is 5.41. The summed E-state index contributed by atoms with van der Waals surface area (Å²) in [6.07, 6.45) is 2.79. The van der Waals surface area contributed by atoms with Crippen molar-refractivity contribution in [1.82, 2.24) is 0 Å². The SMILES string of the molecule is CC(C)Oc1ccc(C2(C(=O)O)CCCC2)cc1F. The van der Waals surface area contributed by atoms with Gasteiger partial charge in [-0.2, -0.15) is 0 Å². The summed E-state index contributed by atoms with van der Waals surface area (Å²) in [5.74, 6) is -1.17. The van der Waals surface area contributed by atoms with Gasteiger partial charge in [-0.3, -0.25) is 4.79 Å². The molecule has 0 amide bonds. The average Bonchev–Trinajstić information content (AvgIpc) is 2.81. The summed E-state index contributed by atoms with van der Waals surface area (Å²) in [4.78, 5) is 11.5. The second kappa shape index (κ2) is 5.19. The molecule has 0 bridgehead atoms. The molecule has 3 nitrogen and oxygen atoms in total. The van der Waals surface area contributed by atoms with Crippen LogP contribution >= 0.6 is 0 Å². The number of rotatable bonds is 4. The van der Waals surface area contributed by atoms with Crippen molar-refractivity contribution in [2.24, 2.45) is 0 Å². The minimum atomic E-state index is -0.919. The molecular weight excluding hydrogens is 247 g/mol. The van der Waals surface area contributed by atoms with E-state index in [0.29, 0.717) is 18.4 Å². The van der Waals surface area contributed by atoms with Crippen LogP contribution in [0.1, 0.15) is 45.1 Å². The van der Waals surface area contributed by atoms with Gasteiger partial charge in [0.25, 0.3) is 0 Å². The van der Waals surface area contributed by atoms with Crippen LogP contribution in [0.15, 0.2) is 18.2 Å². The van der Waals surface area contributed by atoms with E-state index >= 15 is 0 Å². The molecule has 0 radical (unpaired) electrons. The molecule has 0 atom stereocenters. The minimum absolute atomic E-state index is 0.111. The summed E-state index contributed by atoms with van der Waals surface area (Å²) >= 11 is 0. The molecule has 0 heterocycles. The molecule has 0 saturated heterocycles. The Labute approximate surface area is 112 Å². The molecule has 0 aliphatic heterocycles. The minimum Gasteiger partial charge on any atom is -0.488 e. The van der Waals surface area contributed by atoms with E-state index in [1.807, 2.05) is 13.8 Å². The fourth-order valence-electron chi connectivity index (χ4n) is 2.75. The van der Waals surface area contributed by atoms with Crippen LogP contribution in [-0.4, -0.2) is 17.2 Å². The molecule has 19 heavy (non-hydrogen) atoms. The van der Waals surface area contributed by atoms with E-state index in [-0.39, 0.29) is 11.9 Å². The maximum Gasteiger partial charge on any atom is 0.314 e. The molecule has 0 unspecified atom stereocenters. The van der Waals surface area contributed by atoms with E-state index < -0.39 is 17.2 Å². The summed E-state index contributed by atoms with van der Waals surface area (Å²) in [6, 6.07) is 4.53. The van der Waals surface area contributed by atoms with Crippen LogP contribution < -0.4 is 4.74 Å². The van der Waals surface area contributed by atoms with Gasteiger partial charge in [0.2, 0.25) is 0 Å². The zero-order chi connectivity index (χ0) is 14.0. The van der Waals surface area contributed by atoms with Gasteiger partial charge in [0.05, 0.1) is 11.5 Å². The normalized spacial score (nSPS) is 17.7. The van der Waals surface area contributed by atoms with Crippen molar-refractivity contribution in [3.8, 4) is 5.75 Å². The number of hydrogen-bond donors (Lipinski definition) is 1. The molecule has 1 aliphatic rings. The zero-order valence-corrected chi connectivity index (χ0v) is 11.3. The quantitative estimate of drug-likeness (QED) is 0.907. The van der Waals surface area contributed by atoms with Crippen LogP contribution in [0.25, 0.3) is 0 Å². The highest BCUT2D eigenvalue weighted by Gasteiger charge is 2.43. The Morgan fingerprint density at radius 1 is 1.37 bits per heavy atom. The van der Waals surface area contributed by atoms with E-state index in [1.165, 1.54) is 12.1 Å². The fraction of sp³-hybridized carbons (Fsp3) is 0.533. The lowest BCUT2D eigenvalue weighted by atomic mass is 9.79. The predicted octanol–water partition coefficient (Wildman–Crippen LogP) is 3.51. The lowest BCUT2D eigenvalue weighted by Gasteiger charge is -2.25. The highest BCUT2D eigenvalue weighted by Crippen LogP contribution is 2.42. The Bertz CT molecular complexity index is 476. The molecule has 1 N–H and O–H groups in total. The molecule has 104 valence electrons. The molecule has 1 fully saturated rings. The van der Waals surface area contributed by atoms with E-state index in [0.717, 1.165) is 12.8 Å². The topological polar surface area (TPSA) is 46.5 Å². The molecule has 0 aromatic heterocycles. The van der Waals surface area contributed by atoms with Gasteiger partial charge < -0.3 is 9.84 Å². The first-order valence-electron chi connectivity index (χ1n) is 6.66. The first-order valence-corrected chi connectivity index (χ1v) is 6.66. The number of carbonyl (C=O) groups is 1. The van der Waals surface area contributed by atoms with Crippen LogP contribution in [0.3, 0.4) is 0 Å². The first-order chi connectivity index (χ1) is 8.95. The summed E-state index contributed by atoms with van der Waals surface area (Å²) in [5, 5.41) is 9.47. The molecule has 4 heteroatoms. The summed E-state index contributed by atoms with van der Waals surface area (Å²) in [5.41, 5.74) is -0.372. The Morgan fingerprint density at radius 3 is 2.47 bits per heavy atom.